The monoisotopic (exact) mass is 336 g/mol. The lowest BCUT2D eigenvalue weighted by atomic mass is 10.0. The zero-order valence-electron chi connectivity index (χ0n) is 9.84. The van der Waals surface area contributed by atoms with Crippen LogP contribution in [0.3, 0.4) is 0 Å². The van der Waals surface area contributed by atoms with Crippen molar-refractivity contribution in [2.75, 3.05) is 0 Å². The molecule has 0 aliphatic rings. The first-order valence-electron chi connectivity index (χ1n) is 5.09. The molecular formula is C10H13BrN2O4S. The van der Waals surface area contributed by atoms with Crippen molar-refractivity contribution >= 4 is 31.9 Å². The lowest BCUT2D eigenvalue weighted by Gasteiger charge is -2.24. The van der Waals surface area contributed by atoms with Crippen LogP contribution in [0.15, 0.2) is 27.8 Å². The molecule has 0 aliphatic heterocycles. The van der Waals surface area contributed by atoms with Crippen LogP contribution in [0.4, 0.5) is 0 Å². The molecule has 100 valence electrons. The standard InChI is InChI=1S/C10H13BrN2O4S/c1-3-10(2,9(14)15)13-18(16,17)8-4-7(11)5-12-6-8/h4-6,13H,3H2,1-2H3,(H,14,15). The van der Waals surface area contributed by atoms with Gasteiger partial charge in [-0.05, 0) is 35.3 Å². The summed E-state index contributed by atoms with van der Waals surface area (Å²) < 4.78 is 26.7. The quantitative estimate of drug-likeness (QED) is 0.846. The Hall–Kier alpha value is -0.990. The molecule has 0 bridgehead atoms. The van der Waals surface area contributed by atoms with E-state index in [1.807, 2.05) is 0 Å². The first-order valence-corrected chi connectivity index (χ1v) is 7.37. The van der Waals surface area contributed by atoms with Crippen LogP contribution in [0.1, 0.15) is 20.3 Å². The summed E-state index contributed by atoms with van der Waals surface area (Å²) in [6.45, 7) is 2.91. The van der Waals surface area contributed by atoms with E-state index in [0.717, 1.165) is 6.20 Å². The molecule has 0 saturated heterocycles. The van der Waals surface area contributed by atoms with Gasteiger partial charge in [0.2, 0.25) is 10.0 Å². The lowest BCUT2D eigenvalue weighted by molar-refractivity contribution is -0.143. The number of carboxylic acid groups (broad SMARTS) is 1. The number of carbonyl (C=O) groups is 1. The Bertz CT molecular complexity index is 561. The van der Waals surface area contributed by atoms with Gasteiger partial charge in [0.05, 0.1) is 0 Å². The van der Waals surface area contributed by atoms with Crippen molar-refractivity contribution < 1.29 is 18.3 Å². The summed E-state index contributed by atoms with van der Waals surface area (Å²) in [6, 6.07) is 1.35. The smallest absolute Gasteiger partial charge is 0.324 e. The predicted molar refractivity (Wildman–Crippen MR) is 68.6 cm³/mol. The molecular weight excluding hydrogens is 324 g/mol. The van der Waals surface area contributed by atoms with Gasteiger partial charge >= 0.3 is 5.97 Å². The van der Waals surface area contributed by atoms with Crippen molar-refractivity contribution in [3.63, 3.8) is 0 Å². The maximum Gasteiger partial charge on any atom is 0.324 e. The molecule has 0 radical (unpaired) electrons. The molecule has 1 rings (SSSR count). The van der Waals surface area contributed by atoms with E-state index in [4.69, 9.17) is 5.11 Å². The molecule has 2 N–H and O–H groups in total. The molecule has 1 aromatic heterocycles. The van der Waals surface area contributed by atoms with E-state index in [2.05, 4.69) is 25.6 Å². The molecule has 8 heteroatoms. The topological polar surface area (TPSA) is 96.4 Å². The third-order valence-corrected chi connectivity index (χ3v) is 4.53. The fourth-order valence-electron chi connectivity index (χ4n) is 1.16. The summed E-state index contributed by atoms with van der Waals surface area (Å²) >= 11 is 3.11. The molecule has 1 unspecified atom stereocenters. The van der Waals surface area contributed by atoms with Gasteiger partial charge in [0.25, 0.3) is 0 Å². The summed E-state index contributed by atoms with van der Waals surface area (Å²) in [5, 5.41) is 9.05. The Kier molecular flexibility index (Phi) is 4.46. The number of halogens is 1. The van der Waals surface area contributed by atoms with Gasteiger partial charge in [-0.25, -0.2) is 8.42 Å². The molecule has 0 spiro atoms. The number of aromatic nitrogens is 1. The number of pyridine rings is 1. The minimum Gasteiger partial charge on any atom is -0.480 e. The van der Waals surface area contributed by atoms with Gasteiger partial charge < -0.3 is 5.11 Å². The summed E-state index contributed by atoms with van der Waals surface area (Å²) in [5.74, 6) is -1.23. The Morgan fingerprint density at radius 1 is 1.56 bits per heavy atom. The van der Waals surface area contributed by atoms with E-state index >= 15 is 0 Å². The molecule has 18 heavy (non-hydrogen) atoms. The van der Waals surface area contributed by atoms with E-state index < -0.39 is 21.5 Å². The largest absolute Gasteiger partial charge is 0.480 e. The zero-order valence-corrected chi connectivity index (χ0v) is 12.2. The highest BCUT2D eigenvalue weighted by Gasteiger charge is 2.36. The summed E-state index contributed by atoms with van der Waals surface area (Å²) in [4.78, 5) is 14.7. The first-order chi connectivity index (χ1) is 8.21. The van der Waals surface area contributed by atoms with Gasteiger partial charge in [0, 0.05) is 16.9 Å². The highest BCUT2D eigenvalue weighted by Crippen LogP contribution is 2.18. The predicted octanol–water partition coefficient (Wildman–Crippen LogP) is 1.38. The molecule has 1 atom stereocenters. The third-order valence-electron chi connectivity index (χ3n) is 2.53. The second kappa shape index (κ2) is 5.33. The highest BCUT2D eigenvalue weighted by molar-refractivity contribution is 9.10. The molecule has 0 amide bonds. The Morgan fingerprint density at radius 2 is 2.17 bits per heavy atom. The van der Waals surface area contributed by atoms with Crippen molar-refractivity contribution in [1.29, 1.82) is 0 Å². The Labute approximate surface area is 114 Å². The van der Waals surface area contributed by atoms with Crippen LogP contribution >= 0.6 is 15.9 Å². The maximum absolute atomic E-state index is 12.0. The van der Waals surface area contributed by atoms with Gasteiger partial charge in [-0.15, -0.1) is 0 Å². The molecule has 6 nitrogen and oxygen atoms in total. The second-order valence-electron chi connectivity index (χ2n) is 3.94. The molecule has 0 aliphatic carbocycles. The Balaban J connectivity index is 3.13. The minimum atomic E-state index is -3.92. The van der Waals surface area contributed by atoms with Crippen LogP contribution in [-0.4, -0.2) is 30.0 Å². The van der Waals surface area contributed by atoms with Crippen LogP contribution in [0.2, 0.25) is 0 Å². The van der Waals surface area contributed by atoms with Crippen LogP contribution < -0.4 is 4.72 Å². The van der Waals surface area contributed by atoms with Crippen LogP contribution in [0.25, 0.3) is 0 Å². The second-order valence-corrected chi connectivity index (χ2v) is 6.53. The van der Waals surface area contributed by atoms with Gasteiger partial charge in [-0.2, -0.15) is 4.72 Å². The Morgan fingerprint density at radius 3 is 2.61 bits per heavy atom. The zero-order chi connectivity index (χ0) is 14.0. The van der Waals surface area contributed by atoms with Crippen molar-refractivity contribution in [3.8, 4) is 0 Å². The van der Waals surface area contributed by atoms with E-state index in [1.165, 1.54) is 19.2 Å². The van der Waals surface area contributed by atoms with Crippen LogP contribution in [0, 0.1) is 0 Å². The number of nitrogens with zero attached hydrogens (tertiary/aromatic N) is 1. The van der Waals surface area contributed by atoms with Gasteiger partial charge in [0.1, 0.15) is 10.4 Å². The summed E-state index contributed by atoms with van der Waals surface area (Å²) in [6.07, 6.45) is 2.73. The molecule has 1 heterocycles. The van der Waals surface area contributed by atoms with Crippen LogP contribution in [-0.2, 0) is 14.8 Å². The molecule has 0 fully saturated rings. The molecule has 1 aromatic rings. The van der Waals surface area contributed by atoms with E-state index in [0.29, 0.717) is 4.47 Å². The SMILES string of the molecule is CCC(C)(NS(=O)(=O)c1cncc(Br)c1)C(=O)O. The first kappa shape index (κ1) is 15.1. The minimum absolute atomic E-state index is 0.0854. The fourth-order valence-corrected chi connectivity index (χ4v) is 3.10. The molecule has 0 aromatic carbocycles. The summed E-state index contributed by atoms with van der Waals surface area (Å²) in [5.41, 5.74) is -1.54. The normalized spacial score (nSPS) is 15.1. The number of hydrogen-bond acceptors (Lipinski definition) is 4. The average molecular weight is 337 g/mol. The van der Waals surface area contributed by atoms with Gasteiger partial charge in [-0.3, -0.25) is 9.78 Å². The number of hydrogen-bond donors (Lipinski definition) is 2. The number of rotatable bonds is 5. The number of carboxylic acids is 1. The van der Waals surface area contributed by atoms with Crippen molar-refractivity contribution in [1.82, 2.24) is 9.71 Å². The van der Waals surface area contributed by atoms with E-state index in [1.54, 1.807) is 6.92 Å². The van der Waals surface area contributed by atoms with Crippen molar-refractivity contribution in [2.24, 2.45) is 0 Å². The highest BCUT2D eigenvalue weighted by atomic mass is 79.9. The van der Waals surface area contributed by atoms with Crippen LogP contribution in [0.5, 0.6) is 0 Å². The lowest BCUT2D eigenvalue weighted by Crippen LogP contribution is -2.51. The van der Waals surface area contributed by atoms with Crippen molar-refractivity contribution in [3.05, 3.63) is 22.9 Å². The third kappa shape index (κ3) is 3.27. The van der Waals surface area contributed by atoms with Gasteiger partial charge in [0.15, 0.2) is 0 Å². The van der Waals surface area contributed by atoms with E-state index in [9.17, 15) is 13.2 Å². The number of sulfonamides is 1. The van der Waals surface area contributed by atoms with Crippen molar-refractivity contribution in [2.45, 2.75) is 30.7 Å². The van der Waals surface area contributed by atoms with Gasteiger partial charge in [-0.1, -0.05) is 6.92 Å². The number of aliphatic carboxylic acids is 1. The maximum atomic E-state index is 12.0. The van der Waals surface area contributed by atoms with E-state index in [-0.39, 0.29) is 11.3 Å². The fraction of sp³-hybridized carbons (Fsp3) is 0.400. The average Bonchev–Trinajstić information content (AvgIpc) is 2.28. The molecule has 0 saturated carbocycles. The summed E-state index contributed by atoms with van der Waals surface area (Å²) in [7, 11) is -3.92. The number of nitrogens with one attached hydrogen (secondary N) is 1.